The third-order valence-corrected chi connectivity index (χ3v) is 2.32. The molecule has 4 nitrogen and oxygen atoms in total. The fourth-order valence-electron chi connectivity index (χ4n) is 0.857. The van der Waals surface area contributed by atoms with Gasteiger partial charge in [-0.2, -0.15) is 0 Å². The van der Waals surface area contributed by atoms with E-state index in [-0.39, 0.29) is 6.61 Å². The summed E-state index contributed by atoms with van der Waals surface area (Å²) in [7, 11) is 0. The van der Waals surface area contributed by atoms with Gasteiger partial charge in [-0.3, -0.25) is 0 Å². The highest BCUT2D eigenvalue weighted by molar-refractivity contribution is 7.99. The van der Waals surface area contributed by atoms with Gasteiger partial charge in [0.2, 0.25) is 0 Å². The molecule has 0 aromatic carbocycles. The Kier molecular flexibility index (Phi) is 3.98. The summed E-state index contributed by atoms with van der Waals surface area (Å²) in [6, 6.07) is 1.73. The molecule has 1 aromatic rings. The van der Waals surface area contributed by atoms with Crippen molar-refractivity contribution in [3.8, 4) is 0 Å². The van der Waals surface area contributed by atoms with E-state index < -0.39 is 0 Å². The molecule has 0 spiro atoms. The van der Waals surface area contributed by atoms with Gasteiger partial charge in [0, 0.05) is 24.1 Å². The van der Waals surface area contributed by atoms with Crippen LogP contribution in [0.5, 0.6) is 0 Å². The van der Waals surface area contributed by atoms with Crippen molar-refractivity contribution in [1.29, 1.82) is 0 Å². The highest BCUT2D eigenvalue weighted by Gasteiger charge is 1.99. The number of hydrogen-bond acceptors (Lipinski definition) is 5. The second kappa shape index (κ2) is 5.04. The minimum absolute atomic E-state index is 0.203. The molecule has 0 saturated heterocycles. The molecular weight excluding hydrogens is 186 g/mol. The van der Waals surface area contributed by atoms with E-state index in [0.717, 1.165) is 17.9 Å². The number of nitrogen functional groups attached to an aromatic ring is 1. The summed E-state index contributed by atoms with van der Waals surface area (Å²) in [5.74, 6) is 1.32. The molecule has 0 atom stereocenters. The number of thioether (sulfide) groups is 1. The molecule has 0 saturated carbocycles. The van der Waals surface area contributed by atoms with Crippen LogP contribution in [0.4, 0.5) is 5.82 Å². The first-order valence-electron chi connectivity index (χ1n) is 4.07. The Labute approximate surface area is 81.6 Å². The summed E-state index contributed by atoms with van der Waals surface area (Å²) in [6.45, 7) is 2.09. The monoisotopic (exact) mass is 199 g/mol. The van der Waals surface area contributed by atoms with Gasteiger partial charge in [-0.15, -0.1) is 0 Å². The van der Waals surface area contributed by atoms with Crippen molar-refractivity contribution >= 4 is 17.6 Å². The van der Waals surface area contributed by atoms with E-state index in [1.165, 1.54) is 11.8 Å². The first-order valence-corrected chi connectivity index (χ1v) is 5.06. The molecule has 1 heterocycles. The number of aliphatic hydroxyl groups is 1. The molecule has 0 bridgehead atoms. The van der Waals surface area contributed by atoms with Crippen LogP contribution >= 0.6 is 11.8 Å². The normalized spacial score (nSPS) is 10.3. The molecular formula is C8H13N3OS. The molecule has 1 aromatic heterocycles. The van der Waals surface area contributed by atoms with Crippen LogP contribution in [0.3, 0.4) is 0 Å². The summed E-state index contributed by atoms with van der Waals surface area (Å²) in [4.78, 5) is 8.25. The molecule has 1 rings (SSSR count). The maximum atomic E-state index is 8.57. The van der Waals surface area contributed by atoms with Crippen LogP contribution in [0, 0.1) is 6.92 Å². The zero-order valence-electron chi connectivity index (χ0n) is 7.53. The number of aromatic nitrogens is 2. The lowest BCUT2D eigenvalue weighted by Gasteiger charge is -2.01. The second-order valence-electron chi connectivity index (χ2n) is 2.64. The first kappa shape index (κ1) is 10.3. The minimum Gasteiger partial charge on any atom is -0.396 e. The predicted octanol–water partition coefficient (Wildman–Crippen LogP) is 0.842. The lowest BCUT2D eigenvalue weighted by atomic mass is 10.4. The zero-order chi connectivity index (χ0) is 9.68. The summed E-state index contributed by atoms with van der Waals surface area (Å²) < 4.78 is 0. The average molecular weight is 199 g/mol. The topological polar surface area (TPSA) is 72.0 Å². The van der Waals surface area contributed by atoms with Gasteiger partial charge in [-0.25, -0.2) is 9.97 Å². The Hall–Kier alpha value is -0.810. The van der Waals surface area contributed by atoms with Gasteiger partial charge in [0.1, 0.15) is 5.82 Å². The van der Waals surface area contributed by atoms with Gasteiger partial charge in [0.05, 0.1) is 0 Å². The van der Waals surface area contributed by atoms with E-state index in [0.29, 0.717) is 11.0 Å². The van der Waals surface area contributed by atoms with Crippen LogP contribution in [-0.2, 0) is 0 Å². The molecule has 0 radical (unpaired) electrons. The Balaban J connectivity index is 2.56. The number of aryl methyl sites for hydroxylation is 1. The quantitative estimate of drug-likeness (QED) is 0.427. The SMILES string of the molecule is Cc1cc(N)nc(SCCCO)n1. The fraction of sp³-hybridized carbons (Fsp3) is 0.500. The Morgan fingerprint density at radius 3 is 2.92 bits per heavy atom. The third-order valence-electron chi connectivity index (χ3n) is 1.39. The largest absolute Gasteiger partial charge is 0.396 e. The first-order chi connectivity index (χ1) is 6.22. The lowest BCUT2D eigenvalue weighted by molar-refractivity contribution is 0.296. The summed E-state index contributed by atoms with van der Waals surface area (Å²) in [5.41, 5.74) is 6.42. The van der Waals surface area contributed by atoms with E-state index in [9.17, 15) is 0 Å². The van der Waals surface area contributed by atoms with Crippen molar-refractivity contribution in [2.45, 2.75) is 18.5 Å². The molecule has 5 heteroatoms. The zero-order valence-corrected chi connectivity index (χ0v) is 8.34. The Morgan fingerprint density at radius 1 is 1.54 bits per heavy atom. The van der Waals surface area contributed by atoms with Crippen LogP contribution in [0.1, 0.15) is 12.1 Å². The van der Waals surface area contributed by atoms with Crippen molar-refractivity contribution in [3.63, 3.8) is 0 Å². The fourth-order valence-corrected chi connectivity index (χ4v) is 1.69. The molecule has 13 heavy (non-hydrogen) atoms. The number of anilines is 1. The van der Waals surface area contributed by atoms with Crippen molar-refractivity contribution in [2.75, 3.05) is 18.1 Å². The number of nitrogens with zero attached hydrogens (tertiary/aromatic N) is 2. The number of nitrogens with two attached hydrogens (primary N) is 1. The molecule has 0 aliphatic rings. The molecule has 0 fully saturated rings. The summed E-state index contributed by atoms with van der Waals surface area (Å²) >= 11 is 1.51. The van der Waals surface area contributed by atoms with E-state index >= 15 is 0 Å². The number of hydrogen-bond donors (Lipinski definition) is 2. The molecule has 0 amide bonds. The number of rotatable bonds is 4. The second-order valence-corrected chi connectivity index (χ2v) is 3.70. The van der Waals surface area contributed by atoms with Crippen LogP contribution in [0.2, 0.25) is 0 Å². The van der Waals surface area contributed by atoms with E-state index in [1.54, 1.807) is 6.07 Å². The lowest BCUT2D eigenvalue weighted by Crippen LogP contribution is -1.97. The van der Waals surface area contributed by atoms with Crippen molar-refractivity contribution < 1.29 is 5.11 Å². The van der Waals surface area contributed by atoms with Crippen LogP contribution in [0.25, 0.3) is 0 Å². The van der Waals surface area contributed by atoms with E-state index in [2.05, 4.69) is 9.97 Å². The van der Waals surface area contributed by atoms with Crippen LogP contribution in [-0.4, -0.2) is 27.4 Å². The average Bonchev–Trinajstić information content (AvgIpc) is 2.03. The number of aliphatic hydroxyl groups excluding tert-OH is 1. The van der Waals surface area contributed by atoms with E-state index in [1.807, 2.05) is 6.92 Å². The van der Waals surface area contributed by atoms with Gasteiger partial charge < -0.3 is 10.8 Å². The molecule has 3 N–H and O–H groups in total. The third kappa shape index (κ3) is 3.61. The summed E-state index contributed by atoms with van der Waals surface area (Å²) in [5, 5.41) is 9.26. The maximum Gasteiger partial charge on any atom is 0.189 e. The maximum absolute atomic E-state index is 8.57. The Morgan fingerprint density at radius 2 is 2.31 bits per heavy atom. The van der Waals surface area contributed by atoms with Gasteiger partial charge in [0.25, 0.3) is 0 Å². The standard InChI is InChI=1S/C8H13N3OS/c1-6-5-7(9)11-8(10-6)13-4-2-3-12/h5,12H,2-4H2,1H3,(H2,9,10,11). The van der Waals surface area contributed by atoms with Gasteiger partial charge >= 0.3 is 0 Å². The van der Waals surface area contributed by atoms with Crippen LogP contribution in [0.15, 0.2) is 11.2 Å². The van der Waals surface area contributed by atoms with Crippen molar-refractivity contribution in [3.05, 3.63) is 11.8 Å². The smallest absolute Gasteiger partial charge is 0.189 e. The minimum atomic E-state index is 0.203. The van der Waals surface area contributed by atoms with Crippen LogP contribution < -0.4 is 5.73 Å². The predicted molar refractivity (Wildman–Crippen MR) is 53.6 cm³/mol. The van der Waals surface area contributed by atoms with Gasteiger partial charge in [-0.1, -0.05) is 11.8 Å². The summed E-state index contributed by atoms with van der Waals surface area (Å²) in [6.07, 6.45) is 0.752. The van der Waals surface area contributed by atoms with Gasteiger partial charge in [0.15, 0.2) is 5.16 Å². The van der Waals surface area contributed by atoms with Crippen molar-refractivity contribution in [2.24, 2.45) is 0 Å². The molecule has 0 aliphatic heterocycles. The molecule has 0 aliphatic carbocycles. The van der Waals surface area contributed by atoms with E-state index in [4.69, 9.17) is 10.8 Å². The van der Waals surface area contributed by atoms with Gasteiger partial charge in [-0.05, 0) is 13.3 Å². The molecule has 72 valence electrons. The highest BCUT2D eigenvalue weighted by Crippen LogP contribution is 2.15. The highest BCUT2D eigenvalue weighted by atomic mass is 32.2. The van der Waals surface area contributed by atoms with Crippen molar-refractivity contribution in [1.82, 2.24) is 9.97 Å². The molecule has 0 unspecified atom stereocenters. The Bertz CT molecular complexity index is 260.